The van der Waals surface area contributed by atoms with Gasteiger partial charge >= 0.3 is 0 Å². The van der Waals surface area contributed by atoms with Gasteiger partial charge in [-0.3, -0.25) is 14.9 Å². The van der Waals surface area contributed by atoms with Crippen molar-refractivity contribution in [3.05, 3.63) is 93.0 Å². The predicted octanol–water partition coefficient (Wildman–Crippen LogP) is 3.80. The predicted molar refractivity (Wildman–Crippen MR) is 129 cm³/mol. The van der Waals surface area contributed by atoms with E-state index in [4.69, 9.17) is 9.47 Å². The van der Waals surface area contributed by atoms with Crippen molar-refractivity contribution < 1.29 is 27.6 Å². The SMILES string of the molecule is COc1cc2c(cc1OC)C(c1ccccc1)N(C(=O)c1cc([N+](=O)[O-])cc(S(C)(=O)=O)c1)CC2. The lowest BCUT2D eigenvalue weighted by atomic mass is 9.87. The lowest BCUT2D eigenvalue weighted by Crippen LogP contribution is -2.40. The second-order valence-electron chi connectivity index (χ2n) is 8.21. The first-order chi connectivity index (χ1) is 16.6. The molecule has 0 saturated carbocycles. The highest BCUT2D eigenvalue weighted by atomic mass is 32.2. The third-order valence-corrected chi connectivity index (χ3v) is 7.12. The Morgan fingerprint density at radius 2 is 1.69 bits per heavy atom. The van der Waals surface area contributed by atoms with Crippen LogP contribution < -0.4 is 9.47 Å². The highest BCUT2D eigenvalue weighted by Gasteiger charge is 2.34. The summed E-state index contributed by atoms with van der Waals surface area (Å²) in [5, 5.41) is 11.5. The molecule has 3 aromatic rings. The van der Waals surface area contributed by atoms with Crippen molar-refractivity contribution in [1.82, 2.24) is 4.90 Å². The van der Waals surface area contributed by atoms with Gasteiger partial charge in [0.05, 0.1) is 30.1 Å². The minimum atomic E-state index is -3.78. The number of amides is 1. The van der Waals surface area contributed by atoms with Crippen molar-refractivity contribution in [3.63, 3.8) is 0 Å². The third-order valence-electron chi connectivity index (χ3n) is 6.03. The fourth-order valence-corrected chi connectivity index (χ4v) is 5.03. The monoisotopic (exact) mass is 496 g/mol. The number of carbonyl (C=O) groups is 1. The van der Waals surface area contributed by atoms with Crippen LogP contribution in [0.3, 0.4) is 0 Å². The molecule has 1 atom stereocenters. The summed E-state index contributed by atoms with van der Waals surface area (Å²) >= 11 is 0. The van der Waals surface area contributed by atoms with Crippen LogP contribution in [-0.2, 0) is 16.3 Å². The average Bonchev–Trinajstić information content (AvgIpc) is 2.86. The first kappa shape index (κ1) is 24.2. The van der Waals surface area contributed by atoms with Crippen LogP contribution in [0.4, 0.5) is 5.69 Å². The van der Waals surface area contributed by atoms with E-state index >= 15 is 0 Å². The molecule has 3 aromatic carbocycles. The van der Waals surface area contributed by atoms with E-state index in [1.165, 1.54) is 13.2 Å². The van der Waals surface area contributed by atoms with Gasteiger partial charge in [-0.2, -0.15) is 0 Å². The van der Waals surface area contributed by atoms with Crippen LogP contribution in [-0.4, -0.2) is 51.2 Å². The first-order valence-corrected chi connectivity index (χ1v) is 12.6. The number of fused-ring (bicyclic) bond motifs is 1. The lowest BCUT2D eigenvalue weighted by Gasteiger charge is -2.38. The molecule has 0 fully saturated rings. The Kier molecular flexibility index (Phi) is 6.49. The number of carbonyl (C=O) groups excluding carboxylic acids is 1. The molecule has 0 spiro atoms. The molecule has 1 amide bonds. The van der Waals surface area contributed by atoms with Crippen LogP contribution >= 0.6 is 0 Å². The Morgan fingerprint density at radius 1 is 1.03 bits per heavy atom. The zero-order chi connectivity index (χ0) is 25.3. The second-order valence-corrected chi connectivity index (χ2v) is 10.2. The molecule has 1 unspecified atom stereocenters. The van der Waals surface area contributed by atoms with Gasteiger partial charge in [0, 0.05) is 30.5 Å². The Morgan fingerprint density at radius 3 is 2.29 bits per heavy atom. The van der Waals surface area contributed by atoms with E-state index in [0.717, 1.165) is 35.1 Å². The standard InChI is InChI=1S/C25H24N2O7S/c1-33-22-13-17-9-10-26(24(16-7-5-4-6-8-16)21(17)15-23(22)34-2)25(28)18-11-19(27(29)30)14-20(12-18)35(3,31)32/h4-8,11-15,24H,9-10H2,1-3H3. The maximum absolute atomic E-state index is 13.8. The van der Waals surface area contributed by atoms with Gasteiger partial charge in [0.15, 0.2) is 21.3 Å². The number of nitrogens with zero attached hydrogens (tertiary/aromatic N) is 2. The maximum Gasteiger partial charge on any atom is 0.271 e. The van der Waals surface area contributed by atoms with Crippen LogP contribution in [0.15, 0.2) is 65.6 Å². The minimum Gasteiger partial charge on any atom is -0.493 e. The molecule has 0 aliphatic carbocycles. The molecule has 35 heavy (non-hydrogen) atoms. The second kappa shape index (κ2) is 9.38. The van der Waals surface area contributed by atoms with E-state index in [2.05, 4.69) is 0 Å². The number of nitro benzene ring substituents is 1. The molecular formula is C25H24N2O7S. The summed E-state index contributed by atoms with van der Waals surface area (Å²) in [6.07, 6.45) is 1.46. The van der Waals surface area contributed by atoms with Crippen LogP contribution in [0.2, 0.25) is 0 Å². The van der Waals surface area contributed by atoms with Gasteiger partial charge in [0.1, 0.15) is 0 Å². The summed E-state index contributed by atoms with van der Waals surface area (Å²) < 4.78 is 35.3. The molecule has 10 heteroatoms. The van der Waals surface area contributed by atoms with E-state index in [1.807, 2.05) is 42.5 Å². The van der Waals surface area contributed by atoms with E-state index in [0.29, 0.717) is 24.5 Å². The fourth-order valence-electron chi connectivity index (χ4n) is 4.35. The van der Waals surface area contributed by atoms with Crippen LogP contribution in [0, 0.1) is 10.1 Å². The fraction of sp³-hybridized carbons (Fsp3) is 0.240. The quantitative estimate of drug-likeness (QED) is 0.376. The van der Waals surface area contributed by atoms with Gasteiger partial charge in [0.25, 0.3) is 11.6 Å². The smallest absolute Gasteiger partial charge is 0.271 e. The van der Waals surface area contributed by atoms with E-state index in [-0.39, 0.29) is 10.5 Å². The molecule has 1 heterocycles. The number of nitro groups is 1. The van der Waals surface area contributed by atoms with E-state index in [1.54, 1.807) is 12.0 Å². The number of rotatable bonds is 6. The van der Waals surface area contributed by atoms with Crippen LogP contribution in [0.5, 0.6) is 11.5 Å². The van der Waals surface area contributed by atoms with E-state index < -0.39 is 32.4 Å². The number of ether oxygens (including phenoxy) is 2. The number of hydrogen-bond donors (Lipinski definition) is 0. The molecule has 0 radical (unpaired) electrons. The van der Waals surface area contributed by atoms with Gasteiger partial charge < -0.3 is 14.4 Å². The summed E-state index contributed by atoms with van der Waals surface area (Å²) in [6, 6.07) is 15.9. The molecule has 1 aliphatic heterocycles. The first-order valence-electron chi connectivity index (χ1n) is 10.7. The Labute approximate surface area is 203 Å². The zero-order valence-corrected chi connectivity index (χ0v) is 20.2. The molecular weight excluding hydrogens is 472 g/mol. The van der Waals surface area contributed by atoms with Crippen LogP contribution in [0.25, 0.3) is 0 Å². The van der Waals surface area contributed by atoms with Gasteiger partial charge in [-0.25, -0.2) is 8.42 Å². The molecule has 9 nitrogen and oxygen atoms in total. The Bertz CT molecular complexity index is 1400. The molecule has 182 valence electrons. The van der Waals surface area contributed by atoms with Gasteiger partial charge in [-0.1, -0.05) is 30.3 Å². The van der Waals surface area contributed by atoms with Gasteiger partial charge in [-0.15, -0.1) is 0 Å². The van der Waals surface area contributed by atoms with Crippen LogP contribution in [0.1, 0.15) is 33.1 Å². The summed E-state index contributed by atoms with van der Waals surface area (Å²) in [6.45, 7) is 0.317. The molecule has 0 bridgehead atoms. The molecule has 0 aromatic heterocycles. The number of benzene rings is 3. The summed E-state index contributed by atoms with van der Waals surface area (Å²) in [7, 11) is -0.696. The number of non-ortho nitro benzene ring substituents is 1. The normalized spacial score (nSPS) is 15.3. The topological polar surface area (TPSA) is 116 Å². The highest BCUT2D eigenvalue weighted by Crippen LogP contribution is 2.41. The van der Waals surface area contributed by atoms with Crippen molar-refractivity contribution in [2.24, 2.45) is 0 Å². The van der Waals surface area contributed by atoms with Crippen molar-refractivity contribution in [1.29, 1.82) is 0 Å². The number of methoxy groups -OCH3 is 2. The number of sulfone groups is 1. The van der Waals surface area contributed by atoms with E-state index in [9.17, 15) is 23.3 Å². The Hall–Kier alpha value is -3.92. The summed E-state index contributed by atoms with van der Waals surface area (Å²) in [5.74, 6) is 0.582. The highest BCUT2D eigenvalue weighted by molar-refractivity contribution is 7.90. The average molecular weight is 497 g/mol. The zero-order valence-electron chi connectivity index (χ0n) is 19.4. The third kappa shape index (κ3) is 4.69. The summed E-state index contributed by atoms with van der Waals surface area (Å²) in [5.41, 5.74) is 2.13. The van der Waals surface area contributed by atoms with Gasteiger partial charge in [0.2, 0.25) is 0 Å². The van der Waals surface area contributed by atoms with Crippen molar-refractivity contribution in [3.8, 4) is 11.5 Å². The lowest BCUT2D eigenvalue weighted by molar-refractivity contribution is -0.385. The molecule has 4 rings (SSSR count). The number of hydrogen-bond acceptors (Lipinski definition) is 7. The van der Waals surface area contributed by atoms with Crippen molar-refractivity contribution in [2.45, 2.75) is 17.4 Å². The van der Waals surface area contributed by atoms with Crippen molar-refractivity contribution in [2.75, 3.05) is 27.0 Å². The summed E-state index contributed by atoms with van der Waals surface area (Å²) in [4.78, 5) is 25.9. The maximum atomic E-state index is 13.8. The molecule has 1 aliphatic rings. The van der Waals surface area contributed by atoms with Gasteiger partial charge in [-0.05, 0) is 41.3 Å². The van der Waals surface area contributed by atoms with Crippen molar-refractivity contribution >= 4 is 21.4 Å². The Balaban J connectivity index is 1.88. The molecule has 0 saturated heterocycles. The molecule has 0 N–H and O–H groups in total. The minimum absolute atomic E-state index is 0.0653. The largest absolute Gasteiger partial charge is 0.493 e.